The van der Waals surface area contributed by atoms with Crippen molar-refractivity contribution in [2.24, 2.45) is 0 Å². The van der Waals surface area contributed by atoms with Gasteiger partial charge in [0.05, 0.1) is 0 Å². The Labute approximate surface area is 193 Å². The van der Waals surface area contributed by atoms with E-state index in [1.165, 1.54) is 0 Å². The molecule has 0 N–H and O–H groups in total. The molecule has 1 aromatic heterocycles. The van der Waals surface area contributed by atoms with Gasteiger partial charge in [-0.25, -0.2) is 0 Å². The molecule has 0 amide bonds. The molecule has 0 aliphatic heterocycles. The van der Waals surface area contributed by atoms with Crippen LogP contribution in [0, 0.1) is 0 Å². The Balaban J connectivity index is 1.46. The van der Waals surface area contributed by atoms with E-state index < -0.39 is 0 Å². The summed E-state index contributed by atoms with van der Waals surface area (Å²) in [5, 5.41) is 8.73. The second kappa shape index (κ2) is 9.75. The van der Waals surface area contributed by atoms with Crippen LogP contribution in [-0.2, 0) is 0 Å². The highest BCUT2D eigenvalue weighted by atomic mass is 16.4. The molecule has 0 radical (unpaired) electrons. The number of aromatic nitrogens is 2. The van der Waals surface area contributed by atoms with Crippen molar-refractivity contribution in [1.82, 2.24) is 10.2 Å². The molecule has 4 aromatic carbocycles. The van der Waals surface area contributed by atoms with Crippen molar-refractivity contribution in [2.75, 3.05) is 0 Å². The molecule has 0 aliphatic carbocycles. The number of rotatable bonds is 6. The molecule has 0 fully saturated rings. The predicted molar refractivity (Wildman–Crippen MR) is 136 cm³/mol. The average molecular weight is 427 g/mol. The van der Waals surface area contributed by atoms with Gasteiger partial charge in [0.15, 0.2) is 0 Å². The second-order valence-electron chi connectivity index (χ2n) is 7.57. The molecular formula is C30H22N2O. The molecule has 0 aliphatic rings. The maximum Gasteiger partial charge on any atom is 0.248 e. The molecule has 0 spiro atoms. The largest absolute Gasteiger partial charge is 0.416 e. The second-order valence-corrected chi connectivity index (χ2v) is 7.57. The number of hydrogen-bond donors (Lipinski definition) is 0. The van der Waals surface area contributed by atoms with Crippen molar-refractivity contribution in [3.05, 3.63) is 131 Å². The summed E-state index contributed by atoms with van der Waals surface area (Å²) in [5.74, 6) is 1.00. The lowest BCUT2D eigenvalue weighted by Gasteiger charge is -2.03. The van der Waals surface area contributed by atoms with E-state index in [-0.39, 0.29) is 0 Å². The van der Waals surface area contributed by atoms with E-state index in [9.17, 15) is 0 Å². The fourth-order valence-corrected chi connectivity index (χ4v) is 3.62. The van der Waals surface area contributed by atoms with E-state index in [0.29, 0.717) is 11.8 Å². The van der Waals surface area contributed by atoms with Gasteiger partial charge in [-0.05, 0) is 34.4 Å². The van der Waals surface area contributed by atoms with Crippen LogP contribution in [0.4, 0.5) is 0 Å². The summed E-state index contributed by atoms with van der Waals surface area (Å²) < 4.78 is 6.15. The average Bonchev–Trinajstić information content (AvgIpc) is 3.38. The zero-order chi connectivity index (χ0) is 22.3. The standard InChI is InChI=1S/C30H22N2O/c1-3-11-23(12-4-1)19-21-25-15-7-9-17-27(25)29-31-32-30(33-29)28-18-10-8-16-26(28)22-20-24-13-5-2-6-14-24/h1-22H. The number of nitrogens with zero attached hydrogens (tertiary/aromatic N) is 2. The molecule has 0 saturated carbocycles. The van der Waals surface area contributed by atoms with E-state index in [4.69, 9.17) is 4.42 Å². The Hall–Kier alpha value is -4.50. The van der Waals surface area contributed by atoms with Crippen LogP contribution < -0.4 is 0 Å². The molecule has 0 unspecified atom stereocenters. The van der Waals surface area contributed by atoms with Gasteiger partial charge in [0.25, 0.3) is 0 Å². The summed E-state index contributed by atoms with van der Waals surface area (Å²) in [7, 11) is 0. The van der Waals surface area contributed by atoms with Crippen molar-refractivity contribution in [1.29, 1.82) is 0 Å². The third-order valence-electron chi connectivity index (χ3n) is 5.32. The van der Waals surface area contributed by atoms with Crippen molar-refractivity contribution in [2.45, 2.75) is 0 Å². The third-order valence-corrected chi connectivity index (χ3v) is 5.32. The van der Waals surface area contributed by atoms with Gasteiger partial charge >= 0.3 is 0 Å². The number of hydrogen-bond acceptors (Lipinski definition) is 3. The van der Waals surface area contributed by atoms with Crippen molar-refractivity contribution >= 4 is 24.3 Å². The minimum atomic E-state index is 0.500. The first-order valence-corrected chi connectivity index (χ1v) is 10.9. The molecule has 158 valence electrons. The van der Waals surface area contributed by atoms with Gasteiger partial charge in [-0.15, -0.1) is 10.2 Å². The third kappa shape index (κ3) is 4.89. The van der Waals surface area contributed by atoms with E-state index in [1.807, 2.05) is 72.8 Å². The van der Waals surface area contributed by atoms with Crippen molar-refractivity contribution < 1.29 is 4.42 Å². The molecule has 0 saturated heterocycles. The highest BCUT2D eigenvalue weighted by Gasteiger charge is 2.14. The van der Waals surface area contributed by atoms with E-state index in [2.05, 4.69) is 70.9 Å². The van der Waals surface area contributed by atoms with Gasteiger partial charge in [0.1, 0.15) is 0 Å². The van der Waals surface area contributed by atoms with Crippen LogP contribution in [-0.4, -0.2) is 10.2 Å². The molecule has 3 nitrogen and oxygen atoms in total. The lowest BCUT2D eigenvalue weighted by atomic mass is 10.1. The lowest BCUT2D eigenvalue weighted by molar-refractivity contribution is 0.584. The monoisotopic (exact) mass is 426 g/mol. The first-order chi connectivity index (χ1) is 16.4. The topological polar surface area (TPSA) is 38.9 Å². The van der Waals surface area contributed by atoms with Crippen LogP contribution in [0.1, 0.15) is 22.3 Å². The Kier molecular flexibility index (Phi) is 6.03. The Morgan fingerprint density at radius 3 is 1.27 bits per heavy atom. The predicted octanol–water partition coefficient (Wildman–Crippen LogP) is 7.74. The fourth-order valence-electron chi connectivity index (χ4n) is 3.62. The molecule has 5 rings (SSSR count). The Bertz CT molecular complexity index is 1290. The smallest absolute Gasteiger partial charge is 0.248 e. The van der Waals surface area contributed by atoms with Crippen LogP contribution >= 0.6 is 0 Å². The molecule has 0 atom stereocenters. The Morgan fingerprint density at radius 1 is 0.424 bits per heavy atom. The lowest BCUT2D eigenvalue weighted by Crippen LogP contribution is -1.83. The molecule has 1 heterocycles. The molecule has 33 heavy (non-hydrogen) atoms. The van der Waals surface area contributed by atoms with Gasteiger partial charge in [-0.1, -0.05) is 121 Å². The number of benzene rings is 4. The quantitative estimate of drug-likeness (QED) is 0.261. The van der Waals surface area contributed by atoms with E-state index in [0.717, 1.165) is 33.4 Å². The minimum Gasteiger partial charge on any atom is -0.416 e. The maximum absolute atomic E-state index is 6.15. The molecule has 3 heteroatoms. The summed E-state index contributed by atoms with van der Waals surface area (Å²) in [6, 6.07) is 36.5. The molecule has 0 bridgehead atoms. The highest BCUT2D eigenvalue weighted by molar-refractivity contribution is 5.80. The molecular weight excluding hydrogens is 404 g/mol. The highest BCUT2D eigenvalue weighted by Crippen LogP contribution is 2.30. The van der Waals surface area contributed by atoms with Gasteiger partial charge in [-0.3, -0.25) is 0 Å². The van der Waals surface area contributed by atoms with Crippen LogP contribution in [0.15, 0.2) is 114 Å². The van der Waals surface area contributed by atoms with E-state index in [1.54, 1.807) is 0 Å². The molecule has 5 aromatic rings. The SMILES string of the molecule is C(=Cc1ccccc1-c1nnc(-c2ccccc2C=Cc2ccccc2)o1)c1ccccc1. The van der Waals surface area contributed by atoms with Gasteiger partial charge in [-0.2, -0.15) is 0 Å². The van der Waals surface area contributed by atoms with Crippen molar-refractivity contribution in [3.8, 4) is 22.9 Å². The Morgan fingerprint density at radius 2 is 0.818 bits per heavy atom. The summed E-state index contributed by atoms with van der Waals surface area (Å²) in [4.78, 5) is 0. The first-order valence-electron chi connectivity index (χ1n) is 10.9. The zero-order valence-electron chi connectivity index (χ0n) is 18.0. The van der Waals surface area contributed by atoms with E-state index >= 15 is 0 Å². The summed E-state index contributed by atoms with van der Waals surface area (Å²) in [5.41, 5.74) is 6.12. The van der Waals surface area contributed by atoms with Gasteiger partial charge in [0, 0.05) is 11.1 Å². The van der Waals surface area contributed by atoms with Crippen LogP contribution in [0.3, 0.4) is 0 Å². The zero-order valence-corrected chi connectivity index (χ0v) is 18.0. The first kappa shape index (κ1) is 20.4. The summed E-state index contributed by atoms with van der Waals surface area (Å²) >= 11 is 0. The van der Waals surface area contributed by atoms with Crippen LogP contribution in [0.2, 0.25) is 0 Å². The summed E-state index contributed by atoms with van der Waals surface area (Å²) in [6.07, 6.45) is 8.32. The maximum atomic E-state index is 6.15. The summed E-state index contributed by atoms with van der Waals surface area (Å²) in [6.45, 7) is 0. The fraction of sp³-hybridized carbons (Fsp3) is 0. The minimum absolute atomic E-state index is 0.500. The van der Waals surface area contributed by atoms with Crippen LogP contribution in [0.25, 0.3) is 47.2 Å². The van der Waals surface area contributed by atoms with Gasteiger partial charge < -0.3 is 4.42 Å². The van der Waals surface area contributed by atoms with Crippen molar-refractivity contribution in [3.63, 3.8) is 0 Å². The van der Waals surface area contributed by atoms with Gasteiger partial charge in [0.2, 0.25) is 11.8 Å². The van der Waals surface area contributed by atoms with Crippen LogP contribution in [0.5, 0.6) is 0 Å². The normalized spacial score (nSPS) is 11.4.